The van der Waals surface area contributed by atoms with Crippen LogP contribution in [0.5, 0.6) is 0 Å². The average Bonchev–Trinajstić information content (AvgIpc) is 2.77. The average molecular weight is 203 g/mol. The number of amides is 2. The van der Waals surface area contributed by atoms with Gasteiger partial charge in [0.25, 0.3) is 0 Å². The Balaban J connectivity index is 2.13. The summed E-state index contributed by atoms with van der Waals surface area (Å²) in [6.45, 7) is 4.12. The summed E-state index contributed by atoms with van der Waals surface area (Å²) in [7, 11) is 0. The molecule has 0 aromatic rings. The molecular weight excluding hydrogens is 190 g/mol. The van der Waals surface area contributed by atoms with Crippen LogP contribution in [-0.4, -0.2) is 11.8 Å². The van der Waals surface area contributed by atoms with E-state index in [1.165, 1.54) is 11.1 Å². The highest BCUT2D eigenvalue weighted by atomic mass is 16.2. The molecule has 1 saturated carbocycles. The van der Waals surface area contributed by atoms with Crippen molar-refractivity contribution in [2.45, 2.75) is 13.8 Å². The summed E-state index contributed by atoms with van der Waals surface area (Å²) in [5, 5.41) is 2.44. The number of nitrogens with one attached hydrogen (secondary N) is 1. The Hall–Kier alpha value is -1.38. The lowest BCUT2D eigenvalue weighted by atomic mass is 9.85. The number of rotatable bonds is 0. The molecule has 3 heteroatoms. The fourth-order valence-corrected chi connectivity index (χ4v) is 3.35. The van der Waals surface area contributed by atoms with E-state index in [0.29, 0.717) is 0 Å². The second kappa shape index (κ2) is 2.60. The predicted molar refractivity (Wildman–Crippen MR) is 54.6 cm³/mol. The number of imide groups is 1. The summed E-state index contributed by atoms with van der Waals surface area (Å²) >= 11 is 0. The van der Waals surface area contributed by atoms with Gasteiger partial charge in [-0.1, -0.05) is 23.3 Å². The summed E-state index contributed by atoms with van der Waals surface area (Å²) < 4.78 is 0. The van der Waals surface area contributed by atoms with Crippen LogP contribution in [0.2, 0.25) is 0 Å². The number of fused-ring (bicyclic) bond motifs is 5. The molecule has 15 heavy (non-hydrogen) atoms. The van der Waals surface area contributed by atoms with E-state index in [4.69, 9.17) is 0 Å². The van der Waals surface area contributed by atoms with Gasteiger partial charge in [0.2, 0.25) is 11.8 Å². The van der Waals surface area contributed by atoms with Crippen molar-refractivity contribution in [2.24, 2.45) is 23.7 Å². The highest BCUT2D eigenvalue weighted by molar-refractivity contribution is 6.07. The normalized spacial score (nSPS) is 41.1. The summed E-state index contributed by atoms with van der Waals surface area (Å²) in [5.74, 6) is -0.0658. The number of hydrogen-bond acceptors (Lipinski definition) is 2. The third kappa shape index (κ3) is 0.907. The van der Waals surface area contributed by atoms with Crippen molar-refractivity contribution < 1.29 is 9.59 Å². The molecule has 4 atom stereocenters. The largest absolute Gasteiger partial charge is 0.296 e. The first-order chi connectivity index (χ1) is 7.11. The first kappa shape index (κ1) is 8.89. The van der Waals surface area contributed by atoms with Gasteiger partial charge in [-0.2, -0.15) is 0 Å². The van der Waals surface area contributed by atoms with Crippen LogP contribution in [0.4, 0.5) is 0 Å². The van der Waals surface area contributed by atoms with Crippen molar-refractivity contribution >= 4 is 11.8 Å². The third-order valence-corrected chi connectivity index (χ3v) is 3.83. The topological polar surface area (TPSA) is 46.2 Å². The van der Waals surface area contributed by atoms with E-state index in [0.717, 1.165) is 0 Å². The molecule has 0 aromatic heterocycles. The van der Waals surface area contributed by atoms with Gasteiger partial charge in [-0.3, -0.25) is 14.9 Å². The fourth-order valence-electron chi connectivity index (χ4n) is 3.35. The summed E-state index contributed by atoms with van der Waals surface area (Å²) in [6.07, 6.45) is 4.18. The number of carbonyl (C=O) groups excluding carboxylic acids is 2. The molecule has 3 rings (SSSR count). The third-order valence-electron chi connectivity index (χ3n) is 3.83. The highest BCUT2D eigenvalue weighted by Crippen LogP contribution is 2.54. The first-order valence-corrected chi connectivity index (χ1v) is 5.31. The molecule has 3 aliphatic rings. The van der Waals surface area contributed by atoms with Gasteiger partial charge in [0.1, 0.15) is 0 Å². The van der Waals surface area contributed by atoms with E-state index in [2.05, 4.69) is 31.3 Å². The van der Waals surface area contributed by atoms with Gasteiger partial charge in [-0.05, 0) is 13.8 Å². The van der Waals surface area contributed by atoms with Crippen LogP contribution in [0, 0.1) is 23.7 Å². The second-order valence-electron chi connectivity index (χ2n) is 4.80. The van der Waals surface area contributed by atoms with Crippen molar-refractivity contribution in [3.8, 4) is 0 Å². The fraction of sp³-hybridized carbons (Fsp3) is 0.500. The molecule has 78 valence electrons. The van der Waals surface area contributed by atoms with Crippen LogP contribution < -0.4 is 5.32 Å². The van der Waals surface area contributed by atoms with Gasteiger partial charge < -0.3 is 0 Å². The zero-order chi connectivity index (χ0) is 10.7. The molecule has 0 radical (unpaired) electrons. The van der Waals surface area contributed by atoms with E-state index in [9.17, 15) is 9.59 Å². The summed E-state index contributed by atoms with van der Waals surface area (Å²) in [6, 6.07) is 0. The molecule has 3 nitrogen and oxygen atoms in total. The molecule has 1 N–H and O–H groups in total. The van der Waals surface area contributed by atoms with Crippen LogP contribution in [0.15, 0.2) is 23.3 Å². The Bertz CT molecular complexity index is 397. The van der Waals surface area contributed by atoms with E-state index in [-0.39, 0.29) is 35.5 Å². The van der Waals surface area contributed by atoms with Gasteiger partial charge in [0.15, 0.2) is 0 Å². The zero-order valence-electron chi connectivity index (χ0n) is 8.78. The van der Waals surface area contributed by atoms with Crippen LogP contribution in [0.25, 0.3) is 0 Å². The quantitative estimate of drug-likeness (QED) is 0.472. The maximum atomic E-state index is 11.6. The van der Waals surface area contributed by atoms with E-state index < -0.39 is 0 Å². The summed E-state index contributed by atoms with van der Waals surface area (Å²) in [5.41, 5.74) is 2.55. The van der Waals surface area contributed by atoms with Crippen LogP contribution in [0.3, 0.4) is 0 Å². The van der Waals surface area contributed by atoms with Gasteiger partial charge in [0, 0.05) is 11.8 Å². The molecule has 0 spiro atoms. The summed E-state index contributed by atoms with van der Waals surface area (Å²) in [4.78, 5) is 23.3. The zero-order valence-corrected chi connectivity index (χ0v) is 8.78. The van der Waals surface area contributed by atoms with Crippen molar-refractivity contribution in [1.29, 1.82) is 0 Å². The standard InChI is InChI=1S/C12H13NO2/c1-5(2)8-6-3-4-7(8)10-9(6)11(14)13-12(10)15/h3-4,6-7,9-10H,1-2H3,(H,13,14,15). The van der Waals surface area contributed by atoms with Gasteiger partial charge >= 0.3 is 0 Å². The van der Waals surface area contributed by atoms with Crippen molar-refractivity contribution in [2.75, 3.05) is 0 Å². The molecule has 1 aliphatic heterocycles. The number of carbonyl (C=O) groups is 2. The monoisotopic (exact) mass is 203 g/mol. The van der Waals surface area contributed by atoms with Crippen LogP contribution in [0.1, 0.15) is 13.8 Å². The molecular formula is C12H13NO2. The predicted octanol–water partition coefficient (Wildman–Crippen LogP) is 1.03. The smallest absolute Gasteiger partial charge is 0.231 e. The lowest BCUT2D eigenvalue weighted by Gasteiger charge is -2.13. The minimum Gasteiger partial charge on any atom is -0.296 e. The Morgan fingerprint density at radius 3 is 1.93 bits per heavy atom. The molecule has 1 heterocycles. The van der Waals surface area contributed by atoms with Gasteiger partial charge in [-0.15, -0.1) is 0 Å². The Morgan fingerprint density at radius 2 is 1.53 bits per heavy atom. The minimum atomic E-state index is -0.127. The maximum Gasteiger partial charge on any atom is 0.231 e. The lowest BCUT2D eigenvalue weighted by Crippen LogP contribution is -2.26. The molecule has 2 bridgehead atoms. The molecule has 1 saturated heterocycles. The maximum absolute atomic E-state index is 11.6. The first-order valence-electron chi connectivity index (χ1n) is 5.31. The highest BCUT2D eigenvalue weighted by Gasteiger charge is 2.58. The van der Waals surface area contributed by atoms with E-state index in [1.807, 2.05) is 0 Å². The number of hydrogen-bond donors (Lipinski definition) is 1. The van der Waals surface area contributed by atoms with Gasteiger partial charge in [0.05, 0.1) is 11.8 Å². The lowest BCUT2D eigenvalue weighted by molar-refractivity contribution is -0.126. The SMILES string of the molecule is CC(C)=C1C2C=CC1C1C(=O)NC(=O)C21. The molecule has 4 unspecified atom stereocenters. The molecule has 2 fully saturated rings. The van der Waals surface area contributed by atoms with Crippen molar-refractivity contribution in [3.05, 3.63) is 23.3 Å². The molecule has 2 amide bonds. The van der Waals surface area contributed by atoms with Crippen LogP contribution >= 0.6 is 0 Å². The van der Waals surface area contributed by atoms with E-state index in [1.54, 1.807) is 0 Å². The second-order valence-corrected chi connectivity index (χ2v) is 4.80. The van der Waals surface area contributed by atoms with Crippen molar-refractivity contribution in [1.82, 2.24) is 5.32 Å². The van der Waals surface area contributed by atoms with Crippen molar-refractivity contribution in [3.63, 3.8) is 0 Å². The number of allylic oxidation sites excluding steroid dienone is 4. The molecule has 0 aromatic carbocycles. The Labute approximate surface area is 88.2 Å². The minimum absolute atomic E-state index is 0.0828. The Kier molecular flexibility index (Phi) is 1.54. The Morgan fingerprint density at radius 1 is 1.07 bits per heavy atom. The van der Waals surface area contributed by atoms with E-state index >= 15 is 0 Å². The van der Waals surface area contributed by atoms with Gasteiger partial charge in [-0.25, -0.2) is 0 Å². The molecule has 2 aliphatic carbocycles. The van der Waals surface area contributed by atoms with Crippen LogP contribution in [-0.2, 0) is 9.59 Å².